The SMILES string of the molecule is O/C(=C\C1=Nc2cc(N3CCOCC3)ccc2C2=NCCN12)c1ccc2[nH]cnc2c1. The molecule has 8 heteroatoms. The summed E-state index contributed by atoms with van der Waals surface area (Å²) in [6, 6.07) is 12.0. The van der Waals surface area contributed by atoms with Crippen molar-refractivity contribution in [3.63, 3.8) is 0 Å². The van der Waals surface area contributed by atoms with Crippen molar-refractivity contribution in [3.8, 4) is 0 Å². The normalized spacial score (nSPS) is 18.6. The van der Waals surface area contributed by atoms with Gasteiger partial charge in [-0.2, -0.15) is 0 Å². The molecule has 0 aliphatic carbocycles. The molecule has 3 aliphatic rings. The summed E-state index contributed by atoms with van der Waals surface area (Å²) in [7, 11) is 0. The maximum atomic E-state index is 10.8. The number of aliphatic hydroxyl groups excluding tert-OH is 1. The van der Waals surface area contributed by atoms with Crippen molar-refractivity contribution >= 4 is 39.8 Å². The third-order valence-electron chi connectivity index (χ3n) is 5.93. The average Bonchev–Trinajstić information content (AvgIpc) is 3.49. The largest absolute Gasteiger partial charge is 0.507 e. The quantitative estimate of drug-likeness (QED) is 0.643. The van der Waals surface area contributed by atoms with Gasteiger partial charge in [0.25, 0.3) is 0 Å². The van der Waals surface area contributed by atoms with Crippen LogP contribution < -0.4 is 4.90 Å². The Labute approximate surface area is 179 Å². The highest BCUT2D eigenvalue weighted by Crippen LogP contribution is 2.33. The number of imidazole rings is 1. The van der Waals surface area contributed by atoms with Gasteiger partial charge in [-0.15, -0.1) is 0 Å². The van der Waals surface area contributed by atoms with Crippen LogP contribution >= 0.6 is 0 Å². The predicted octanol–water partition coefficient (Wildman–Crippen LogP) is 3.10. The van der Waals surface area contributed by atoms with Crippen LogP contribution in [0.2, 0.25) is 0 Å². The molecule has 3 aliphatic heterocycles. The number of nitrogens with one attached hydrogen (secondary N) is 1. The third kappa shape index (κ3) is 3.16. The molecule has 0 amide bonds. The van der Waals surface area contributed by atoms with Crippen LogP contribution in [0.5, 0.6) is 0 Å². The van der Waals surface area contributed by atoms with E-state index in [4.69, 9.17) is 14.7 Å². The molecule has 0 radical (unpaired) electrons. The zero-order valence-corrected chi connectivity index (χ0v) is 17.0. The number of H-pyrrole nitrogens is 1. The lowest BCUT2D eigenvalue weighted by molar-refractivity contribution is 0.122. The van der Waals surface area contributed by atoms with Crippen LogP contribution in [-0.2, 0) is 4.74 Å². The van der Waals surface area contributed by atoms with Crippen LogP contribution in [0.3, 0.4) is 0 Å². The number of hydrogen-bond donors (Lipinski definition) is 2. The molecule has 0 unspecified atom stereocenters. The molecule has 8 nitrogen and oxygen atoms in total. The fraction of sp³-hybridized carbons (Fsp3) is 0.261. The first-order valence-corrected chi connectivity index (χ1v) is 10.5. The minimum absolute atomic E-state index is 0.155. The summed E-state index contributed by atoms with van der Waals surface area (Å²) in [4.78, 5) is 21.3. The molecule has 1 aromatic heterocycles. The molecule has 2 N–H and O–H groups in total. The second-order valence-corrected chi connectivity index (χ2v) is 7.79. The maximum Gasteiger partial charge on any atom is 0.138 e. The van der Waals surface area contributed by atoms with Crippen LogP contribution in [0.15, 0.2) is 58.8 Å². The van der Waals surface area contributed by atoms with Gasteiger partial charge >= 0.3 is 0 Å². The summed E-state index contributed by atoms with van der Waals surface area (Å²) in [5.74, 6) is 1.77. The molecule has 1 saturated heterocycles. The molecule has 6 rings (SSSR count). The van der Waals surface area contributed by atoms with Gasteiger partial charge in [0.05, 0.1) is 42.8 Å². The van der Waals surface area contributed by atoms with Crippen molar-refractivity contribution in [3.05, 3.63) is 59.9 Å². The van der Waals surface area contributed by atoms with Crippen LogP contribution in [0, 0.1) is 0 Å². The van der Waals surface area contributed by atoms with Crippen molar-refractivity contribution in [2.24, 2.45) is 9.98 Å². The number of nitrogens with zero attached hydrogens (tertiary/aromatic N) is 5. The van der Waals surface area contributed by atoms with Crippen LogP contribution in [0.25, 0.3) is 16.8 Å². The molecule has 156 valence electrons. The highest BCUT2D eigenvalue weighted by atomic mass is 16.5. The number of morpholine rings is 1. The van der Waals surface area contributed by atoms with Gasteiger partial charge in [0.15, 0.2) is 0 Å². The summed E-state index contributed by atoms with van der Waals surface area (Å²) >= 11 is 0. The van der Waals surface area contributed by atoms with E-state index in [1.165, 1.54) is 0 Å². The molecule has 1 fully saturated rings. The van der Waals surface area contributed by atoms with E-state index >= 15 is 0 Å². The summed E-state index contributed by atoms with van der Waals surface area (Å²) in [6.07, 6.45) is 3.37. The zero-order valence-electron chi connectivity index (χ0n) is 17.0. The molecule has 2 aromatic carbocycles. The van der Waals surface area contributed by atoms with Gasteiger partial charge in [0.1, 0.15) is 17.4 Å². The number of rotatable bonds is 3. The number of hydrogen-bond acceptors (Lipinski definition) is 7. The Hall–Kier alpha value is -3.65. The second kappa shape index (κ2) is 7.24. The van der Waals surface area contributed by atoms with E-state index in [1.54, 1.807) is 12.4 Å². The lowest BCUT2D eigenvalue weighted by atomic mass is 10.1. The summed E-state index contributed by atoms with van der Waals surface area (Å²) in [6.45, 7) is 4.69. The summed E-state index contributed by atoms with van der Waals surface area (Å²) in [5.41, 5.74) is 5.49. The topological polar surface area (TPSA) is 89.3 Å². The first-order chi connectivity index (χ1) is 15.3. The van der Waals surface area contributed by atoms with E-state index in [2.05, 4.69) is 38.0 Å². The minimum Gasteiger partial charge on any atom is -0.507 e. The Bertz CT molecular complexity index is 1250. The summed E-state index contributed by atoms with van der Waals surface area (Å²) < 4.78 is 5.48. The lowest BCUT2D eigenvalue weighted by Crippen LogP contribution is -2.37. The van der Waals surface area contributed by atoms with E-state index in [0.717, 1.165) is 66.7 Å². The highest BCUT2D eigenvalue weighted by molar-refractivity contribution is 6.20. The molecular weight excluding hydrogens is 392 g/mol. The summed E-state index contributed by atoms with van der Waals surface area (Å²) in [5, 5.41) is 10.8. The van der Waals surface area contributed by atoms with Gasteiger partial charge in [-0.05, 0) is 36.4 Å². The highest BCUT2D eigenvalue weighted by Gasteiger charge is 2.29. The Morgan fingerprint density at radius 2 is 2.00 bits per heavy atom. The van der Waals surface area contributed by atoms with Crippen molar-refractivity contribution in [2.75, 3.05) is 44.3 Å². The Morgan fingerprint density at radius 1 is 1.10 bits per heavy atom. The van der Waals surface area contributed by atoms with Gasteiger partial charge in [0.2, 0.25) is 0 Å². The molecule has 3 aromatic rings. The van der Waals surface area contributed by atoms with Crippen molar-refractivity contribution < 1.29 is 9.84 Å². The fourth-order valence-corrected chi connectivity index (χ4v) is 4.31. The van der Waals surface area contributed by atoms with Gasteiger partial charge in [0, 0.05) is 42.5 Å². The number of aliphatic imine (C=N–C) groups is 2. The van der Waals surface area contributed by atoms with Gasteiger partial charge < -0.3 is 24.6 Å². The Balaban J connectivity index is 1.39. The number of aromatic amines is 1. The number of anilines is 1. The number of benzene rings is 2. The molecule has 31 heavy (non-hydrogen) atoms. The molecule has 4 heterocycles. The van der Waals surface area contributed by atoms with Gasteiger partial charge in [-0.1, -0.05) is 0 Å². The second-order valence-electron chi connectivity index (χ2n) is 7.79. The monoisotopic (exact) mass is 414 g/mol. The van der Waals surface area contributed by atoms with E-state index in [-0.39, 0.29) is 5.76 Å². The zero-order chi connectivity index (χ0) is 20.8. The predicted molar refractivity (Wildman–Crippen MR) is 121 cm³/mol. The maximum absolute atomic E-state index is 10.8. The van der Waals surface area contributed by atoms with E-state index in [9.17, 15) is 5.11 Å². The molecule has 0 atom stereocenters. The Morgan fingerprint density at radius 3 is 2.90 bits per heavy atom. The first-order valence-electron chi connectivity index (χ1n) is 10.5. The average molecular weight is 414 g/mol. The fourth-order valence-electron chi connectivity index (χ4n) is 4.31. The van der Waals surface area contributed by atoms with Crippen LogP contribution in [0.4, 0.5) is 11.4 Å². The van der Waals surface area contributed by atoms with E-state index in [0.29, 0.717) is 17.9 Å². The van der Waals surface area contributed by atoms with Crippen molar-refractivity contribution in [1.82, 2.24) is 14.9 Å². The number of aliphatic hydroxyl groups is 1. The van der Waals surface area contributed by atoms with E-state index in [1.807, 2.05) is 18.2 Å². The third-order valence-corrected chi connectivity index (χ3v) is 5.93. The Kier molecular flexibility index (Phi) is 4.24. The van der Waals surface area contributed by atoms with Gasteiger partial charge in [-0.3, -0.25) is 4.99 Å². The van der Waals surface area contributed by atoms with Crippen molar-refractivity contribution in [2.45, 2.75) is 0 Å². The number of aromatic nitrogens is 2. The molecular formula is C23H22N6O2. The smallest absolute Gasteiger partial charge is 0.138 e. The standard InChI is InChI=1S/C23H22N6O2/c30-21(15-1-4-18-20(11-15)26-14-25-18)13-22-27-19-12-16(28-7-9-31-10-8-28)2-3-17(19)23-24-5-6-29(22)23/h1-4,11-14,30H,5-10H2,(H,25,26)/b21-13-. The van der Waals surface area contributed by atoms with E-state index < -0.39 is 0 Å². The van der Waals surface area contributed by atoms with Crippen molar-refractivity contribution in [1.29, 1.82) is 0 Å². The van der Waals surface area contributed by atoms with Crippen LogP contribution in [0.1, 0.15) is 11.1 Å². The van der Waals surface area contributed by atoms with Crippen LogP contribution in [-0.4, -0.2) is 71.0 Å². The molecule has 0 bridgehead atoms. The minimum atomic E-state index is 0.155. The first kappa shape index (κ1) is 18.1. The number of fused-ring (bicyclic) bond motifs is 4. The number of amidine groups is 2. The number of ether oxygens (including phenoxy) is 1. The molecule has 0 saturated carbocycles. The lowest BCUT2D eigenvalue weighted by Gasteiger charge is -2.31. The molecule has 0 spiro atoms. The van der Waals surface area contributed by atoms with Gasteiger partial charge in [-0.25, -0.2) is 9.98 Å².